The Morgan fingerprint density at radius 2 is 1.92 bits per heavy atom. The predicted molar refractivity (Wildman–Crippen MR) is 105 cm³/mol. The number of ether oxygens (including phenoxy) is 2. The number of hydrogen-bond donors (Lipinski definition) is 2. The van der Waals surface area contributed by atoms with Gasteiger partial charge < -0.3 is 20.2 Å². The Hall–Kier alpha value is -1.73. The van der Waals surface area contributed by atoms with Crippen molar-refractivity contribution in [2.24, 2.45) is 5.73 Å². The SMILES string of the molecule is NCCCCc1c(-c2ccc3c(c2)OCO3)[nH]c2ccc(I)cc12. The van der Waals surface area contributed by atoms with Crippen LogP contribution in [0.2, 0.25) is 0 Å². The van der Waals surface area contributed by atoms with E-state index in [-0.39, 0.29) is 0 Å². The minimum atomic E-state index is 0.299. The highest BCUT2D eigenvalue weighted by atomic mass is 127. The number of aryl methyl sites for hydroxylation is 1. The van der Waals surface area contributed by atoms with E-state index in [2.05, 4.69) is 57.9 Å². The molecule has 0 aliphatic carbocycles. The Kier molecular flexibility index (Phi) is 4.37. The molecule has 3 aromatic rings. The van der Waals surface area contributed by atoms with E-state index in [4.69, 9.17) is 15.2 Å². The van der Waals surface area contributed by atoms with Gasteiger partial charge in [-0.05, 0) is 90.4 Å². The van der Waals surface area contributed by atoms with Crippen molar-refractivity contribution in [2.75, 3.05) is 13.3 Å². The van der Waals surface area contributed by atoms with E-state index in [0.717, 1.165) is 42.9 Å². The lowest BCUT2D eigenvalue weighted by Crippen LogP contribution is -1.99. The molecule has 0 radical (unpaired) electrons. The number of rotatable bonds is 5. The summed E-state index contributed by atoms with van der Waals surface area (Å²) in [6, 6.07) is 12.7. The summed E-state index contributed by atoms with van der Waals surface area (Å²) in [6.45, 7) is 1.03. The number of H-pyrrole nitrogens is 1. The van der Waals surface area contributed by atoms with Crippen LogP contribution in [-0.2, 0) is 6.42 Å². The van der Waals surface area contributed by atoms with Crippen LogP contribution in [0, 0.1) is 3.57 Å². The van der Waals surface area contributed by atoms with Crippen molar-refractivity contribution in [3.05, 3.63) is 45.5 Å². The third-order valence-electron chi connectivity index (χ3n) is 4.41. The molecule has 124 valence electrons. The first-order valence-electron chi connectivity index (χ1n) is 8.16. The normalized spacial score (nSPS) is 12.9. The van der Waals surface area contributed by atoms with Crippen LogP contribution in [0.3, 0.4) is 0 Å². The van der Waals surface area contributed by atoms with Crippen molar-refractivity contribution in [2.45, 2.75) is 19.3 Å². The van der Waals surface area contributed by atoms with Gasteiger partial charge in [0.15, 0.2) is 11.5 Å². The second kappa shape index (κ2) is 6.64. The third kappa shape index (κ3) is 2.86. The number of nitrogens with one attached hydrogen (secondary N) is 1. The molecule has 2 aromatic carbocycles. The molecule has 0 fully saturated rings. The Morgan fingerprint density at radius 1 is 1.04 bits per heavy atom. The van der Waals surface area contributed by atoms with Gasteiger partial charge in [-0.25, -0.2) is 0 Å². The summed E-state index contributed by atoms with van der Waals surface area (Å²) in [6.07, 6.45) is 3.14. The molecule has 0 spiro atoms. The molecule has 1 aliphatic heterocycles. The van der Waals surface area contributed by atoms with E-state index in [1.807, 2.05) is 6.07 Å². The molecule has 4 nitrogen and oxygen atoms in total. The number of benzene rings is 2. The van der Waals surface area contributed by atoms with Crippen LogP contribution in [0.1, 0.15) is 18.4 Å². The summed E-state index contributed by atoms with van der Waals surface area (Å²) in [5, 5.41) is 1.30. The van der Waals surface area contributed by atoms with Crippen molar-refractivity contribution in [1.82, 2.24) is 4.98 Å². The average molecular weight is 434 g/mol. The fourth-order valence-electron chi connectivity index (χ4n) is 3.22. The Balaban J connectivity index is 1.82. The monoisotopic (exact) mass is 434 g/mol. The van der Waals surface area contributed by atoms with Gasteiger partial charge in [-0.1, -0.05) is 0 Å². The molecule has 0 atom stereocenters. The Labute approximate surface area is 154 Å². The van der Waals surface area contributed by atoms with E-state index in [1.165, 1.54) is 25.7 Å². The first-order valence-corrected chi connectivity index (χ1v) is 9.24. The lowest BCUT2D eigenvalue weighted by molar-refractivity contribution is 0.174. The van der Waals surface area contributed by atoms with Crippen molar-refractivity contribution in [1.29, 1.82) is 0 Å². The van der Waals surface area contributed by atoms with Gasteiger partial charge in [-0.15, -0.1) is 0 Å². The Bertz CT molecular complexity index is 888. The van der Waals surface area contributed by atoms with E-state index in [9.17, 15) is 0 Å². The molecule has 24 heavy (non-hydrogen) atoms. The zero-order valence-corrected chi connectivity index (χ0v) is 15.4. The molecule has 0 saturated heterocycles. The van der Waals surface area contributed by atoms with Gasteiger partial charge in [0, 0.05) is 25.7 Å². The molecule has 0 bridgehead atoms. The molecule has 2 heterocycles. The number of hydrogen-bond acceptors (Lipinski definition) is 3. The van der Waals surface area contributed by atoms with E-state index in [0.29, 0.717) is 6.79 Å². The van der Waals surface area contributed by atoms with Crippen LogP contribution >= 0.6 is 22.6 Å². The largest absolute Gasteiger partial charge is 0.454 e. The summed E-state index contributed by atoms with van der Waals surface area (Å²) in [4.78, 5) is 3.59. The zero-order chi connectivity index (χ0) is 16.5. The Morgan fingerprint density at radius 3 is 2.79 bits per heavy atom. The van der Waals surface area contributed by atoms with Crippen molar-refractivity contribution < 1.29 is 9.47 Å². The fourth-order valence-corrected chi connectivity index (χ4v) is 3.72. The van der Waals surface area contributed by atoms with Crippen LogP contribution in [-0.4, -0.2) is 18.3 Å². The lowest BCUT2D eigenvalue weighted by Gasteiger charge is -2.06. The van der Waals surface area contributed by atoms with Gasteiger partial charge in [0.05, 0.1) is 0 Å². The van der Waals surface area contributed by atoms with E-state index >= 15 is 0 Å². The molecular formula is C19H19IN2O2. The standard InChI is InChI=1S/C19H19IN2O2/c20-13-5-6-16-15(10-13)14(3-1-2-8-21)19(22-16)12-4-7-17-18(9-12)24-11-23-17/h4-7,9-10,22H,1-3,8,11,21H2. The van der Waals surface area contributed by atoms with Crippen LogP contribution < -0.4 is 15.2 Å². The summed E-state index contributed by atoms with van der Waals surface area (Å²) >= 11 is 2.37. The molecule has 1 aromatic heterocycles. The second-order valence-electron chi connectivity index (χ2n) is 5.98. The molecule has 5 heteroatoms. The zero-order valence-electron chi connectivity index (χ0n) is 13.3. The number of unbranched alkanes of at least 4 members (excludes halogenated alkanes) is 1. The highest BCUT2D eigenvalue weighted by molar-refractivity contribution is 14.1. The number of halogens is 1. The van der Waals surface area contributed by atoms with E-state index < -0.39 is 0 Å². The molecule has 1 aliphatic rings. The van der Waals surface area contributed by atoms with Gasteiger partial charge in [0.25, 0.3) is 0 Å². The number of nitrogens with two attached hydrogens (primary N) is 1. The summed E-state index contributed by atoms with van der Waals surface area (Å²) in [7, 11) is 0. The highest BCUT2D eigenvalue weighted by Crippen LogP contribution is 2.38. The van der Waals surface area contributed by atoms with Gasteiger partial charge in [-0.2, -0.15) is 0 Å². The third-order valence-corrected chi connectivity index (χ3v) is 5.08. The summed E-state index contributed by atoms with van der Waals surface area (Å²) < 4.78 is 12.2. The van der Waals surface area contributed by atoms with Crippen molar-refractivity contribution >= 4 is 33.5 Å². The van der Waals surface area contributed by atoms with Crippen LogP contribution in [0.25, 0.3) is 22.2 Å². The minimum absolute atomic E-state index is 0.299. The quantitative estimate of drug-likeness (QED) is 0.461. The first-order chi connectivity index (χ1) is 11.8. The number of aromatic amines is 1. The smallest absolute Gasteiger partial charge is 0.231 e. The number of fused-ring (bicyclic) bond motifs is 2. The van der Waals surface area contributed by atoms with E-state index in [1.54, 1.807) is 0 Å². The molecule has 0 unspecified atom stereocenters. The van der Waals surface area contributed by atoms with Gasteiger partial charge in [0.2, 0.25) is 6.79 Å². The first kappa shape index (κ1) is 15.8. The van der Waals surface area contributed by atoms with Crippen LogP contribution in [0.4, 0.5) is 0 Å². The summed E-state index contributed by atoms with van der Waals surface area (Å²) in [5.41, 5.74) is 10.5. The van der Waals surface area contributed by atoms with Crippen LogP contribution in [0.15, 0.2) is 36.4 Å². The van der Waals surface area contributed by atoms with Crippen LogP contribution in [0.5, 0.6) is 11.5 Å². The van der Waals surface area contributed by atoms with Gasteiger partial charge in [0.1, 0.15) is 0 Å². The van der Waals surface area contributed by atoms with Gasteiger partial charge >= 0.3 is 0 Å². The molecule has 4 rings (SSSR count). The molecule has 0 amide bonds. The second-order valence-corrected chi connectivity index (χ2v) is 7.23. The maximum atomic E-state index is 5.68. The lowest BCUT2D eigenvalue weighted by atomic mass is 10.00. The molecule has 0 saturated carbocycles. The average Bonchev–Trinajstić information content (AvgIpc) is 3.19. The summed E-state index contributed by atoms with van der Waals surface area (Å²) in [5.74, 6) is 1.63. The fraction of sp³-hybridized carbons (Fsp3) is 0.263. The molecule has 3 N–H and O–H groups in total. The molecular weight excluding hydrogens is 415 g/mol. The van der Waals surface area contributed by atoms with Crippen molar-refractivity contribution in [3.63, 3.8) is 0 Å². The predicted octanol–water partition coefficient (Wildman–Crippen LogP) is 4.45. The maximum absolute atomic E-state index is 5.68. The number of aromatic nitrogens is 1. The van der Waals surface area contributed by atoms with Crippen molar-refractivity contribution in [3.8, 4) is 22.8 Å². The topological polar surface area (TPSA) is 60.3 Å². The maximum Gasteiger partial charge on any atom is 0.231 e. The van der Waals surface area contributed by atoms with Gasteiger partial charge in [-0.3, -0.25) is 0 Å². The highest BCUT2D eigenvalue weighted by Gasteiger charge is 2.18. The minimum Gasteiger partial charge on any atom is -0.454 e.